The Hall–Kier alpha value is -1.59. The van der Waals surface area contributed by atoms with Gasteiger partial charge in [0.1, 0.15) is 24.4 Å². The summed E-state index contributed by atoms with van der Waals surface area (Å²) in [6.07, 6.45) is -8.26. The maximum Gasteiger partial charge on any atom is 0.375 e. The number of rotatable bonds is 8. The molecule has 0 aromatic carbocycles. The Morgan fingerprint density at radius 1 is 1.05 bits per heavy atom. The Morgan fingerprint density at radius 2 is 1.55 bits per heavy atom. The Labute approximate surface area is 113 Å². The number of hydrogen-bond acceptors (Lipinski definition) is 8. The van der Waals surface area contributed by atoms with Gasteiger partial charge in [0.2, 0.25) is 5.91 Å². The lowest BCUT2D eigenvalue weighted by Crippen LogP contribution is -2.59. The molecule has 5 atom stereocenters. The molecule has 10 nitrogen and oxygen atoms in total. The number of aliphatic hydroxyl groups is 5. The smallest absolute Gasteiger partial charge is 0.375 e. The minimum absolute atomic E-state index is 0.822. The van der Waals surface area contributed by atoms with E-state index in [1.165, 1.54) is 0 Å². The van der Waals surface area contributed by atoms with Crippen molar-refractivity contribution in [3.8, 4) is 0 Å². The van der Waals surface area contributed by atoms with Crippen LogP contribution in [-0.2, 0) is 14.4 Å². The van der Waals surface area contributed by atoms with Crippen LogP contribution in [0.25, 0.3) is 0 Å². The highest BCUT2D eigenvalue weighted by Gasteiger charge is 2.40. The van der Waals surface area contributed by atoms with Gasteiger partial charge < -0.3 is 36.0 Å². The van der Waals surface area contributed by atoms with Crippen molar-refractivity contribution in [2.24, 2.45) is 0 Å². The summed E-state index contributed by atoms with van der Waals surface area (Å²) in [5.74, 6) is -4.54. The van der Waals surface area contributed by atoms with E-state index in [1.807, 2.05) is 5.32 Å². The van der Waals surface area contributed by atoms with E-state index in [9.17, 15) is 29.7 Å². The Morgan fingerprint density at radius 3 is 1.90 bits per heavy atom. The lowest BCUT2D eigenvalue weighted by atomic mass is 9.94. The first-order valence-corrected chi connectivity index (χ1v) is 5.50. The van der Waals surface area contributed by atoms with Crippen LogP contribution in [0.1, 0.15) is 6.92 Å². The molecule has 1 amide bonds. The van der Waals surface area contributed by atoms with Gasteiger partial charge in [-0.15, -0.1) is 0 Å². The molecule has 0 rings (SSSR count). The van der Waals surface area contributed by atoms with Crippen LogP contribution in [-0.4, -0.2) is 85.4 Å². The van der Waals surface area contributed by atoms with E-state index in [-0.39, 0.29) is 0 Å². The average Bonchev–Trinajstić information content (AvgIpc) is 2.40. The summed E-state index contributed by atoms with van der Waals surface area (Å²) in [5, 5.41) is 56.8. The van der Waals surface area contributed by atoms with Gasteiger partial charge >= 0.3 is 5.97 Å². The van der Waals surface area contributed by atoms with Crippen molar-refractivity contribution in [2.45, 2.75) is 37.4 Å². The molecule has 0 bridgehead atoms. The zero-order valence-corrected chi connectivity index (χ0v) is 10.5. The van der Waals surface area contributed by atoms with Crippen LogP contribution in [0, 0.1) is 0 Å². The van der Waals surface area contributed by atoms with Crippen molar-refractivity contribution in [3.63, 3.8) is 0 Å². The van der Waals surface area contributed by atoms with Gasteiger partial charge in [0, 0.05) is 6.92 Å². The number of amides is 1. The van der Waals surface area contributed by atoms with Crippen LogP contribution in [0.4, 0.5) is 0 Å². The van der Waals surface area contributed by atoms with E-state index in [2.05, 4.69) is 0 Å². The molecule has 0 saturated carbocycles. The quantitative estimate of drug-likeness (QED) is 0.217. The summed E-state index contributed by atoms with van der Waals surface area (Å²) in [5.41, 5.74) is 0. The summed E-state index contributed by atoms with van der Waals surface area (Å²) in [4.78, 5) is 32.5. The summed E-state index contributed by atoms with van der Waals surface area (Å²) in [6.45, 7) is 0.0283. The predicted molar refractivity (Wildman–Crippen MR) is 61.4 cm³/mol. The van der Waals surface area contributed by atoms with E-state index in [4.69, 9.17) is 15.3 Å². The molecule has 0 saturated heterocycles. The number of carboxylic acid groups (broad SMARTS) is 1. The summed E-state index contributed by atoms with van der Waals surface area (Å²) in [7, 11) is 0. The summed E-state index contributed by atoms with van der Waals surface area (Å²) < 4.78 is 0. The molecule has 10 heteroatoms. The van der Waals surface area contributed by atoms with Gasteiger partial charge in [-0.3, -0.25) is 9.59 Å². The average molecular weight is 295 g/mol. The van der Waals surface area contributed by atoms with Crippen LogP contribution in [0.3, 0.4) is 0 Å². The van der Waals surface area contributed by atoms with Crippen molar-refractivity contribution < 1.29 is 45.0 Å². The molecule has 0 aliphatic heterocycles. The van der Waals surface area contributed by atoms with Gasteiger partial charge in [0.15, 0.2) is 0 Å². The molecular weight excluding hydrogens is 278 g/mol. The van der Waals surface area contributed by atoms with Crippen molar-refractivity contribution in [1.29, 1.82) is 0 Å². The molecular formula is C10H17NO9. The van der Waals surface area contributed by atoms with Gasteiger partial charge in [-0.05, 0) is 0 Å². The maximum atomic E-state index is 11.1. The number of carbonyl (C=O) groups is 3. The standard InChI is InChI=1S/C10H17NO9/c1-3(13)11-5(8(17)9(18)10(19)20)7(16)6(15)4(14)2-12/h4-8,12,14-17H,2H2,1H3,(H,11,13)(H,19,20)/t4-,5+,6-,7-,8-/m1/s1. The van der Waals surface area contributed by atoms with Crippen LogP contribution >= 0.6 is 0 Å². The number of nitrogens with one attached hydrogen (secondary N) is 1. The van der Waals surface area contributed by atoms with Crippen LogP contribution in [0.15, 0.2) is 0 Å². The second-order valence-corrected chi connectivity index (χ2v) is 4.07. The van der Waals surface area contributed by atoms with Gasteiger partial charge in [-0.1, -0.05) is 0 Å². The third kappa shape index (κ3) is 4.83. The molecule has 20 heavy (non-hydrogen) atoms. The monoisotopic (exact) mass is 295 g/mol. The van der Waals surface area contributed by atoms with E-state index in [0.29, 0.717) is 0 Å². The molecule has 7 N–H and O–H groups in total. The fourth-order valence-electron chi connectivity index (χ4n) is 1.42. The van der Waals surface area contributed by atoms with Crippen molar-refractivity contribution in [1.82, 2.24) is 5.32 Å². The molecule has 0 unspecified atom stereocenters. The fraction of sp³-hybridized carbons (Fsp3) is 0.700. The Kier molecular flexibility index (Phi) is 7.24. The van der Waals surface area contributed by atoms with Gasteiger partial charge in [-0.25, -0.2) is 4.79 Å². The molecule has 0 aromatic heterocycles. The van der Waals surface area contributed by atoms with Crippen molar-refractivity contribution >= 4 is 17.7 Å². The van der Waals surface area contributed by atoms with Crippen LogP contribution in [0.2, 0.25) is 0 Å². The maximum absolute atomic E-state index is 11.1. The van der Waals surface area contributed by atoms with E-state index in [0.717, 1.165) is 6.92 Å². The number of ketones is 1. The minimum Gasteiger partial charge on any atom is -0.475 e. The van der Waals surface area contributed by atoms with Crippen LogP contribution in [0.5, 0.6) is 0 Å². The van der Waals surface area contributed by atoms with Crippen molar-refractivity contribution in [3.05, 3.63) is 0 Å². The van der Waals surface area contributed by atoms with Gasteiger partial charge in [0.05, 0.1) is 12.6 Å². The number of Topliss-reactive ketones (excluding diaryl/α,β-unsaturated/α-hetero) is 1. The first-order valence-electron chi connectivity index (χ1n) is 5.50. The molecule has 0 heterocycles. The Bertz CT molecular complexity index is 372. The third-order valence-corrected chi connectivity index (χ3v) is 2.49. The van der Waals surface area contributed by atoms with E-state index >= 15 is 0 Å². The second-order valence-electron chi connectivity index (χ2n) is 4.07. The SMILES string of the molecule is CC(=O)N[C@@H]([C@@H](O)[C@H](O)[C@H](O)CO)[C@@H](O)C(=O)C(=O)O. The molecule has 0 aliphatic rings. The predicted octanol–water partition coefficient (Wildman–Crippen LogP) is -4.42. The zero-order valence-electron chi connectivity index (χ0n) is 10.5. The normalized spacial score (nSPS) is 18.5. The number of aliphatic hydroxyl groups excluding tert-OH is 5. The highest BCUT2D eigenvalue weighted by Crippen LogP contribution is 2.10. The zero-order chi connectivity index (χ0) is 16.0. The number of hydrogen-bond donors (Lipinski definition) is 7. The first kappa shape index (κ1) is 18.4. The summed E-state index contributed by atoms with van der Waals surface area (Å²) >= 11 is 0. The summed E-state index contributed by atoms with van der Waals surface area (Å²) in [6, 6.07) is -1.87. The van der Waals surface area contributed by atoms with Gasteiger partial charge in [-0.2, -0.15) is 0 Å². The Balaban J connectivity index is 5.18. The lowest BCUT2D eigenvalue weighted by Gasteiger charge is -2.31. The van der Waals surface area contributed by atoms with Crippen molar-refractivity contribution in [2.75, 3.05) is 6.61 Å². The number of carbonyl (C=O) groups excluding carboxylic acids is 2. The number of carboxylic acids is 1. The van der Waals surface area contributed by atoms with E-state index < -0.39 is 54.7 Å². The minimum atomic E-state index is -2.34. The molecule has 0 radical (unpaired) electrons. The van der Waals surface area contributed by atoms with Crippen LogP contribution < -0.4 is 5.32 Å². The lowest BCUT2D eigenvalue weighted by molar-refractivity contribution is -0.157. The molecule has 0 aliphatic carbocycles. The molecule has 0 spiro atoms. The molecule has 0 fully saturated rings. The van der Waals surface area contributed by atoms with E-state index in [1.54, 1.807) is 0 Å². The second kappa shape index (κ2) is 7.87. The highest BCUT2D eigenvalue weighted by molar-refractivity contribution is 6.34. The molecule has 116 valence electrons. The van der Waals surface area contributed by atoms with Gasteiger partial charge in [0.25, 0.3) is 5.78 Å². The third-order valence-electron chi connectivity index (χ3n) is 2.49. The fourth-order valence-corrected chi connectivity index (χ4v) is 1.42. The topological polar surface area (TPSA) is 185 Å². The first-order chi connectivity index (χ1) is 9.13. The number of aliphatic carboxylic acids is 1. The highest BCUT2D eigenvalue weighted by atomic mass is 16.4. The molecule has 0 aromatic rings. The largest absolute Gasteiger partial charge is 0.475 e.